The van der Waals surface area contributed by atoms with Gasteiger partial charge < -0.3 is 20.4 Å². The van der Waals surface area contributed by atoms with Gasteiger partial charge in [0.1, 0.15) is 35.1 Å². The summed E-state index contributed by atoms with van der Waals surface area (Å²) in [6.45, 7) is 1.86. The van der Waals surface area contributed by atoms with E-state index in [4.69, 9.17) is 4.74 Å². The topological polar surface area (TPSA) is 118 Å². The van der Waals surface area contributed by atoms with Crippen LogP contribution in [0.25, 0.3) is 22.6 Å². The van der Waals surface area contributed by atoms with Crippen LogP contribution in [0.4, 0.5) is 27.4 Å². The Hall–Kier alpha value is -4.54. The lowest BCUT2D eigenvalue weighted by Gasteiger charge is -2.15. The predicted molar refractivity (Wildman–Crippen MR) is 122 cm³/mol. The number of hydrogen-bond acceptors (Lipinski definition) is 8. The summed E-state index contributed by atoms with van der Waals surface area (Å²) in [5, 5.41) is 10.9. The number of aromatic amines is 1. The molecule has 5 aromatic rings. The maximum atomic E-state index is 13.2. The van der Waals surface area contributed by atoms with Crippen LogP contribution in [-0.2, 0) is 7.05 Å². The van der Waals surface area contributed by atoms with Crippen molar-refractivity contribution in [1.29, 1.82) is 0 Å². The minimum absolute atomic E-state index is 0.412. The van der Waals surface area contributed by atoms with Gasteiger partial charge in [-0.2, -0.15) is 5.10 Å². The smallest absolute Gasteiger partial charge is 0.184 e. The molecule has 33 heavy (non-hydrogen) atoms. The number of H-pyrrole nitrogens is 1. The van der Waals surface area contributed by atoms with E-state index in [9.17, 15) is 4.39 Å². The minimum atomic E-state index is -0.412. The van der Waals surface area contributed by atoms with E-state index in [0.29, 0.717) is 45.7 Å². The summed E-state index contributed by atoms with van der Waals surface area (Å²) in [4.78, 5) is 20.7. The van der Waals surface area contributed by atoms with E-state index in [0.717, 1.165) is 17.6 Å². The van der Waals surface area contributed by atoms with Gasteiger partial charge in [0.15, 0.2) is 17.2 Å². The first-order valence-electron chi connectivity index (χ1n) is 10.1. The molecule has 4 aromatic heterocycles. The third-order valence-electron chi connectivity index (χ3n) is 4.88. The van der Waals surface area contributed by atoms with E-state index >= 15 is 0 Å². The highest BCUT2D eigenvalue weighted by Crippen LogP contribution is 2.38. The van der Waals surface area contributed by atoms with Crippen LogP contribution in [0, 0.1) is 12.7 Å². The fourth-order valence-corrected chi connectivity index (χ4v) is 3.49. The predicted octanol–water partition coefficient (Wildman–Crippen LogP) is 4.09. The number of nitrogens with one attached hydrogen (secondary N) is 3. The lowest BCUT2D eigenvalue weighted by atomic mass is 10.1. The number of anilines is 4. The lowest BCUT2D eigenvalue weighted by Crippen LogP contribution is -2.01. The number of methoxy groups -OCH3 is 1. The molecule has 0 fully saturated rings. The maximum Gasteiger partial charge on any atom is 0.184 e. The molecule has 0 aliphatic heterocycles. The van der Waals surface area contributed by atoms with Crippen molar-refractivity contribution < 1.29 is 9.13 Å². The number of pyridine rings is 2. The minimum Gasteiger partial charge on any atom is -0.494 e. The molecule has 0 bridgehead atoms. The summed E-state index contributed by atoms with van der Waals surface area (Å²) in [5.74, 6) is 2.43. The molecule has 3 N–H and O–H groups in total. The Morgan fingerprint density at radius 1 is 1.03 bits per heavy atom. The zero-order valence-corrected chi connectivity index (χ0v) is 18.1. The molecule has 0 saturated carbocycles. The van der Waals surface area contributed by atoms with Crippen LogP contribution >= 0.6 is 0 Å². The SMILES string of the molecule is COc1c(Nc2cc(Nc3ccc(F)cn3)nc3[nH]c(C)nc23)cccc1-c1ncn(C)n1. The highest BCUT2D eigenvalue weighted by molar-refractivity contribution is 5.92. The summed E-state index contributed by atoms with van der Waals surface area (Å²) in [5.41, 5.74) is 3.40. The first kappa shape index (κ1) is 20.4. The number of halogens is 1. The van der Waals surface area contributed by atoms with Gasteiger partial charge in [-0.05, 0) is 31.2 Å². The van der Waals surface area contributed by atoms with Crippen LogP contribution < -0.4 is 15.4 Å². The number of aryl methyl sites for hydroxylation is 2. The van der Waals surface area contributed by atoms with E-state index in [1.165, 1.54) is 6.07 Å². The quantitative estimate of drug-likeness (QED) is 0.358. The van der Waals surface area contributed by atoms with Crippen molar-refractivity contribution in [2.24, 2.45) is 7.05 Å². The molecule has 0 spiro atoms. The molecule has 0 atom stereocenters. The zero-order valence-electron chi connectivity index (χ0n) is 18.1. The van der Waals surface area contributed by atoms with Crippen LogP contribution in [0.15, 0.2) is 48.9 Å². The number of benzene rings is 1. The van der Waals surface area contributed by atoms with E-state index in [2.05, 4.69) is 40.7 Å². The number of para-hydroxylation sites is 1. The van der Waals surface area contributed by atoms with Crippen molar-refractivity contribution in [1.82, 2.24) is 34.7 Å². The van der Waals surface area contributed by atoms with Crippen molar-refractivity contribution in [3.05, 3.63) is 60.6 Å². The Balaban J connectivity index is 1.56. The third-order valence-corrected chi connectivity index (χ3v) is 4.88. The third kappa shape index (κ3) is 4.03. The second-order valence-corrected chi connectivity index (χ2v) is 7.31. The summed E-state index contributed by atoms with van der Waals surface area (Å²) >= 11 is 0. The second kappa shape index (κ2) is 8.19. The standard InChI is InChI=1S/C22H20FN9O/c1-12-26-19-16(9-18(30-22(19)27-12)29-17-8-7-13(23)10-24-17)28-15-6-4-5-14(20(15)33-3)21-25-11-32(2)31-21/h4-11H,1-3H3,(H3,24,26,27,28,29,30). The number of rotatable bonds is 6. The van der Waals surface area contributed by atoms with E-state index in [-0.39, 0.29) is 0 Å². The van der Waals surface area contributed by atoms with Gasteiger partial charge in [0.25, 0.3) is 0 Å². The van der Waals surface area contributed by atoms with Crippen LogP contribution in [0.2, 0.25) is 0 Å². The maximum absolute atomic E-state index is 13.2. The van der Waals surface area contributed by atoms with Crippen LogP contribution in [0.5, 0.6) is 5.75 Å². The molecule has 4 heterocycles. The summed E-state index contributed by atoms with van der Waals surface area (Å²) in [7, 11) is 3.41. The van der Waals surface area contributed by atoms with E-state index < -0.39 is 5.82 Å². The zero-order chi connectivity index (χ0) is 22.9. The van der Waals surface area contributed by atoms with Gasteiger partial charge in [0.2, 0.25) is 0 Å². The number of ether oxygens (including phenoxy) is 1. The Labute approximate surface area is 187 Å². The first-order valence-corrected chi connectivity index (χ1v) is 10.1. The molecule has 11 heteroatoms. The molecule has 1 aromatic carbocycles. The van der Waals surface area contributed by atoms with Gasteiger partial charge in [0, 0.05) is 13.1 Å². The highest BCUT2D eigenvalue weighted by Gasteiger charge is 2.17. The second-order valence-electron chi connectivity index (χ2n) is 7.31. The van der Waals surface area contributed by atoms with Gasteiger partial charge >= 0.3 is 0 Å². The number of aromatic nitrogens is 7. The Bertz CT molecular complexity index is 1440. The Morgan fingerprint density at radius 3 is 2.64 bits per heavy atom. The summed E-state index contributed by atoms with van der Waals surface area (Å²) in [6, 6.07) is 10.4. The molecule has 0 radical (unpaired) electrons. The fourth-order valence-electron chi connectivity index (χ4n) is 3.49. The first-order chi connectivity index (χ1) is 16.0. The number of fused-ring (bicyclic) bond motifs is 1. The number of nitrogens with zero attached hydrogens (tertiary/aromatic N) is 6. The monoisotopic (exact) mass is 445 g/mol. The lowest BCUT2D eigenvalue weighted by molar-refractivity contribution is 0.418. The average Bonchev–Trinajstić information content (AvgIpc) is 3.40. The summed E-state index contributed by atoms with van der Waals surface area (Å²) < 4.78 is 20.6. The van der Waals surface area contributed by atoms with Crippen molar-refractivity contribution >= 4 is 34.2 Å². The van der Waals surface area contributed by atoms with Crippen LogP contribution in [0.1, 0.15) is 5.82 Å². The molecule has 5 rings (SSSR count). The van der Waals surface area contributed by atoms with Crippen molar-refractivity contribution in [2.75, 3.05) is 17.7 Å². The van der Waals surface area contributed by atoms with Crippen molar-refractivity contribution in [3.8, 4) is 17.1 Å². The highest BCUT2D eigenvalue weighted by atomic mass is 19.1. The molecule has 0 saturated heterocycles. The Kier molecular flexibility index (Phi) is 5.05. The number of imidazole rings is 1. The molecule has 0 aliphatic rings. The van der Waals surface area contributed by atoms with Crippen LogP contribution in [0.3, 0.4) is 0 Å². The normalized spacial score (nSPS) is 11.0. The van der Waals surface area contributed by atoms with Crippen molar-refractivity contribution in [2.45, 2.75) is 6.92 Å². The van der Waals surface area contributed by atoms with Gasteiger partial charge in [-0.1, -0.05) is 6.07 Å². The number of hydrogen-bond donors (Lipinski definition) is 3. The summed E-state index contributed by atoms with van der Waals surface area (Å²) in [6.07, 6.45) is 2.78. The Morgan fingerprint density at radius 2 is 1.91 bits per heavy atom. The molecule has 0 aliphatic carbocycles. The van der Waals surface area contributed by atoms with Gasteiger partial charge in [-0.15, -0.1) is 0 Å². The van der Waals surface area contributed by atoms with E-state index in [1.54, 1.807) is 30.3 Å². The van der Waals surface area contributed by atoms with E-state index in [1.807, 2.05) is 32.2 Å². The molecule has 0 amide bonds. The van der Waals surface area contributed by atoms with Crippen molar-refractivity contribution in [3.63, 3.8) is 0 Å². The molecular weight excluding hydrogens is 425 g/mol. The fraction of sp³-hybridized carbons (Fsp3) is 0.136. The van der Waals surface area contributed by atoms with Gasteiger partial charge in [-0.3, -0.25) is 4.68 Å². The molecule has 10 nitrogen and oxygen atoms in total. The largest absolute Gasteiger partial charge is 0.494 e. The van der Waals surface area contributed by atoms with Crippen LogP contribution in [-0.4, -0.2) is 41.8 Å². The average molecular weight is 445 g/mol. The van der Waals surface area contributed by atoms with Gasteiger partial charge in [0.05, 0.1) is 30.2 Å². The van der Waals surface area contributed by atoms with Gasteiger partial charge in [-0.25, -0.2) is 24.3 Å². The molecule has 166 valence electrons. The molecular formula is C22H20FN9O. The molecule has 0 unspecified atom stereocenters.